The van der Waals surface area contributed by atoms with Crippen LogP contribution >= 0.6 is 45.3 Å². The predicted molar refractivity (Wildman–Crippen MR) is 191 cm³/mol. The Bertz CT molecular complexity index is 2420. The first-order valence-corrected chi connectivity index (χ1v) is 18.5. The van der Waals surface area contributed by atoms with Gasteiger partial charge < -0.3 is 16.5 Å². The van der Waals surface area contributed by atoms with Crippen molar-refractivity contribution >= 4 is 87.6 Å². The third kappa shape index (κ3) is 4.80. The number of fused-ring (bicyclic) bond motifs is 6. The number of primary amides is 1. The molecule has 9 rings (SSSR count). The second kappa shape index (κ2) is 11.6. The largest absolute Gasteiger partial charge is 0.397 e. The lowest BCUT2D eigenvalue weighted by Crippen LogP contribution is -2.20. The fourth-order valence-electron chi connectivity index (χ4n) is 6.74. The van der Waals surface area contributed by atoms with Gasteiger partial charge in [-0.1, -0.05) is 12.1 Å². The van der Waals surface area contributed by atoms with E-state index in [0.717, 1.165) is 81.5 Å². The molecule has 0 saturated heterocycles. The third-order valence-corrected chi connectivity index (χ3v) is 12.7. The fourth-order valence-corrected chi connectivity index (χ4v) is 10.4. The Kier molecular flexibility index (Phi) is 7.35. The van der Waals surface area contributed by atoms with Gasteiger partial charge in [-0.05, 0) is 85.4 Å². The highest BCUT2D eigenvalue weighted by Gasteiger charge is 2.26. The number of pyridine rings is 2. The Labute approximate surface area is 278 Å². The van der Waals surface area contributed by atoms with Crippen LogP contribution in [-0.4, -0.2) is 25.8 Å². The number of nitrogens with two attached hydrogens (primary N) is 2. The van der Waals surface area contributed by atoms with Crippen LogP contribution in [0, 0.1) is 0 Å². The molecule has 232 valence electrons. The van der Waals surface area contributed by atoms with E-state index in [1.165, 1.54) is 56.4 Å². The van der Waals surface area contributed by atoms with E-state index in [0.29, 0.717) is 20.8 Å². The predicted octanol–water partition coefficient (Wildman–Crippen LogP) is 7.02. The number of amides is 1. The van der Waals surface area contributed by atoms with E-state index in [9.17, 15) is 14.4 Å². The number of nitrogens with one attached hydrogen (secondary N) is 2. The summed E-state index contributed by atoms with van der Waals surface area (Å²) in [6, 6.07) is 8.28. The molecule has 0 radical (unpaired) electrons. The highest BCUT2D eigenvalue weighted by molar-refractivity contribution is 7.25. The monoisotopic (exact) mass is 684 g/mol. The molecule has 2 aliphatic carbocycles. The van der Waals surface area contributed by atoms with Gasteiger partial charge in [0.2, 0.25) is 0 Å². The van der Waals surface area contributed by atoms with Gasteiger partial charge in [0.25, 0.3) is 11.5 Å². The molecule has 7 aromatic rings. The summed E-state index contributed by atoms with van der Waals surface area (Å²) in [7, 11) is 0. The number of aryl methyl sites for hydroxylation is 2. The second-order valence-electron chi connectivity index (χ2n) is 11.5. The topological polar surface area (TPSA) is 161 Å². The number of nitrogen functional groups attached to an aromatic ring is 1. The summed E-state index contributed by atoms with van der Waals surface area (Å²) in [5, 5.41) is 5.94. The summed E-state index contributed by atoms with van der Waals surface area (Å²) >= 11 is 6.05. The number of aromatic amines is 2. The van der Waals surface area contributed by atoms with Crippen molar-refractivity contribution in [1.82, 2.24) is 19.9 Å². The zero-order valence-corrected chi connectivity index (χ0v) is 27.8. The van der Waals surface area contributed by atoms with Crippen LogP contribution in [0.3, 0.4) is 0 Å². The zero-order valence-electron chi connectivity index (χ0n) is 24.5. The Morgan fingerprint density at radius 1 is 0.761 bits per heavy atom. The number of hydrogen-bond acceptors (Lipinski definition) is 10. The molecule has 6 N–H and O–H groups in total. The molecule has 0 aliphatic heterocycles. The minimum absolute atomic E-state index is 0.341. The number of anilines is 1. The first kappa shape index (κ1) is 29.2. The summed E-state index contributed by atoms with van der Waals surface area (Å²) in [6.07, 6.45) is 8.63. The molecular weight excluding hydrogens is 657 g/mol. The van der Waals surface area contributed by atoms with Crippen LogP contribution < -0.4 is 22.7 Å². The number of carbonyl (C=O) groups excluding carboxylic acids is 1. The van der Waals surface area contributed by atoms with E-state index >= 15 is 0 Å². The number of carbonyl (C=O) groups is 1. The standard InChI is InChI=1S/C17H13N3O2S2.C16H15N3OS2/c21-15-14-13(19-17(22)20-15)12-11(10-6-3-7-23-10)8-4-1-2-5-9(8)18-16(12)24-14;17-13-12-11(10-6-3-7-21-10)8-4-1-2-5-9(8)19-16(12)22-14(13)15(18)20/h3,6-7H,1-2,4-5H2,(H2,19,20,21,22);3,6-7H,1-2,4-5,17H2,(H2,18,20). The van der Waals surface area contributed by atoms with Gasteiger partial charge >= 0.3 is 5.69 Å². The Hall–Kier alpha value is -4.17. The molecule has 9 nitrogen and oxygen atoms in total. The molecule has 13 heteroatoms. The maximum Gasteiger partial charge on any atom is 0.326 e. The van der Waals surface area contributed by atoms with Crippen molar-refractivity contribution in [1.29, 1.82) is 0 Å². The molecule has 46 heavy (non-hydrogen) atoms. The number of rotatable bonds is 3. The molecule has 0 saturated carbocycles. The van der Waals surface area contributed by atoms with Crippen LogP contribution in [0.15, 0.2) is 44.6 Å². The van der Waals surface area contributed by atoms with Crippen molar-refractivity contribution in [2.45, 2.75) is 51.4 Å². The van der Waals surface area contributed by atoms with E-state index in [2.05, 4.69) is 32.9 Å². The SMILES string of the molecule is NC(=O)c1sc2nc3c(c(-c4cccs4)c2c1N)CCCC3.O=c1[nH]c(=O)c2sc3nc4c(c(-c5cccs5)c3c2[nH]1)CCCC4. The maximum absolute atomic E-state index is 12.2. The number of aromatic nitrogens is 4. The lowest BCUT2D eigenvalue weighted by Gasteiger charge is -2.19. The summed E-state index contributed by atoms with van der Waals surface area (Å²) in [4.78, 5) is 54.9. The quantitative estimate of drug-likeness (QED) is 0.157. The highest BCUT2D eigenvalue weighted by Crippen LogP contribution is 2.45. The van der Waals surface area contributed by atoms with Crippen molar-refractivity contribution < 1.29 is 4.79 Å². The van der Waals surface area contributed by atoms with E-state index in [4.69, 9.17) is 21.4 Å². The van der Waals surface area contributed by atoms with Crippen molar-refractivity contribution in [2.24, 2.45) is 5.73 Å². The van der Waals surface area contributed by atoms with Crippen molar-refractivity contribution in [2.75, 3.05) is 5.73 Å². The van der Waals surface area contributed by atoms with Crippen LogP contribution in [0.5, 0.6) is 0 Å². The molecule has 1 amide bonds. The van der Waals surface area contributed by atoms with E-state index in [1.807, 2.05) is 12.1 Å². The van der Waals surface area contributed by atoms with Crippen molar-refractivity contribution in [3.63, 3.8) is 0 Å². The van der Waals surface area contributed by atoms with Gasteiger partial charge in [-0.3, -0.25) is 14.6 Å². The average molecular weight is 685 g/mol. The molecular formula is C33H28N6O3S4. The van der Waals surface area contributed by atoms with Gasteiger partial charge in [-0.25, -0.2) is 14.8 Å². The lowest BCUT2D eigenvalue weighted by molar-refractivity contribution is 0.100. The molecule has 7 aromatic heterocycles. The first-order chi connectivity index (χ1) is 22.4. The van der Waals surface area contributed by atoms with Gasteiger partial charge in [-0.2, -0.15) is 0 Å². The Morgan fingerprint density at radius 3 is 1.89 bits per heavy atom. The molecule has 0 unspecified atom stereocenters. The molecule has 0 fully saturated rings. The third-order valence-electron chi connectivity index (χ3n) is 8.70. The normalized spacial score (nSPS) is 14.3. The second-order valence-corrected chi connectivity index (χ2v) is 15.4. The van der Waals surface area contributed by atoms with Gasteiger partial charge in [0.05, 0.1) is 11.2 Å². The van der Waals surface area contributed by atoms with E-state index < -0.39 is 11.6 Å². The van der Waals surface area contributed by atoms with Crippen molar-refractivity contribution in [3.8, 4) is 20.9 Å². The van der Waals surface area contributed by atoms with Crippen LogP contribution in [0.2, 0.25) is 0 Å². The van der Waals surface area contributed by atoms with Crippen molar-refractivity contribution in [3.05, 3.63) is 83.3 Å². The van der Waals surface area contributed by atoms with Crippen LogP contribution in [0.4, 0.5) is 5.69 Å². The molecule has 7 heterocycles. The summed E-state index contributed by atoms with van der Waals surface area (Å²) < 4.78 is 0.539. The number of H-pyrrole nitrogens is 2. The fraction of sp³-hybridized carbons (Fsp3) is 0.242. The van der Waals surface area contributed by atoms with E-state index in [-0.39, 0.29) is 5.56 Å². The number of hydrogen-bond donors (Lipinski definition) is 4. The first-order valence-electron chi connectivity index (χ1n) is 15.1. The van der Waals surface area contributed by atoms with E-state index in [1.54, 1.807) is 22.7 Å². The van der Waals surface area contributed by atoms with Crippen LogP contribution in [0.1, 0.15) is 57.9 Å². The number of nitrogens with zero attached hydrogens (tertiary/aromatic N) is 2. The Morgan fingerprint density at radius 2 is 1.33 bits per heavy atom. The minimum atomic E-state index is -0.476. The van der Waals surface area contributed by atoms with Gasteiger partial charge in [0.15, 0.2) is 0 Å². The van der Waals surface area contributed by atoms with Crippen LogP contribution in [-0.2, 0) is 25.7 Å². The summed E-state index contributed by atoms with van der Waals surface area (Å²) in [5.41, 5.74) is 19.2. The molecule has 0 bridgehead atoms. The van der Waals surface area contributed by atoms with Gasteiger partial charge in [-0.15, -0.1) is 45.3 Å². The molecule has 0 atom stereocenters. The maximum atomic E-state index is 12.2. The highest BCUT2D eigenvalue weighted by atomic mass is 32.1. The summed E-state index contributed by atoms with van der Waals surface area (Å²) in [5.74, 6) is -0.476. The molecule has 0 aromatic carbocycles. The zero-order chi connectivity index (χ0) is 31.5. The Balaban J connectivity index is 0.000000136. The van der Waals surface area contributed by atoms with Gasteiger partial charge in [0, 0.05) is 43.0 Å². The average Bonchev–Trinajstić information content (AvgIpc) is 3.87. The minimum Gasteiger partial charge on any atom is -0.397 e. The molecule has 0 spiro atoms. The summed E-state index contributed by atoms with van der Waals surface area (Å²) in [6.45, 7) is 0. The molecule has 2 aliphatic rings. The van der Waals surface area contributed by atoms with Gasteiger partial charge in [0.1, 0.15) is 19.2 Å². The lowest BCUT2D eigenvalue weighted by atomic mass is 9.90. The number of thiophene rings is 4. The van der Waals surface area contributed by atoms with Crippen LogP contribution in [0.25, 0.3) is 51.5 Å². The smallest absolute Gasteiger partial charge is 0.326 e.